The van der Waals surface area contributed by atoms with Crippen LogP contribution in [-0.2, 0) is 24.0 Å². The summed E-state index contributed by atoms with van der Waals surface area (Å²) in [7, 11) is 0. The number of carbonyl (C=O) groups excluding carboxylic acids is 3. The third kappa shape index (κ3) is 5.11. The lowest BCUT2D eigenvalue weighted by atomic mass is 9.97. The number of hydrazine groups is 1. The first-order valence-corrected chi connectivity index (χ1v) is 11.2. The zero-order valence-electron chi connectivity index (χ0n) is 16.9. The number of hydrogen-bond donors (Lipinski definition) is 4. The van der Waals surface area contributed by atoms with Gasteiger partial charge in [0.1, 0.15) is 30.0 Å². The predicted molar refractivity (Wildman–Crippen MR) is 114 cm³/mol. The van der Waals surface area contributed by atoms with Gasteiger partial charge < -0.3 is 20.4 Å². The molecular weight excluding hydrogens is 464 g/mol. The average Bonchev–Trinajstić information content (AvgIpc) is 3.17. The second-order valence-electron chi connectivity index (χ2n) is 6.78. The summed E-state index contributed by atoms with van der Waals surface area (Å²) in [4.78, 5) is 58.1. The number of hydrogen-bond acceptors (Lipinski definition) is 11. The standard InChI is InChI=1S/C17H20N6O7S2/c1-7(2)30-22-11(9-6-32-16(18)19-9)12(24)20-21-17(28)29-5-8-13(25)23-10(15(26)27)3-4-31-14(8)23/h3,6-8,14H,4-5H2,1-2H3,(H2,18,19)(H,20,24)(H,21,28)(H,26,27)/b22-11+. The van der Waals surface area contributed by atoms with Gasteiger partial charge in [-0.15, -0.1) is 23.1 Å². The van der Waals surface area contributed by atoms with E-state index < -0.39 is 35.2 Å². The van der Waals surface area contributed by atoms with Gasteiger partial charge in [0, 0.05) is 11.1 Å². The highest BCUT2D eigenvalue weighted by Gasteiger charge is 2.52. The number of nitrogen functional groups attached to an aromatic ring is 1. The number of thiazole rings is 1. The van der Waals surface area contributed by atoms with E-state index in [1.807, 2.05) is 0 Å². The molecule has 1 fully saturated rings. The van der Waals surface area contributed by atoms with Crippen LogP contribution in [0.3, 0.4) is 0 Å². The largest absolute Gasteiger partial charge is 0.477 e. The maximum absolute atomic E-state index is 12.4. The lowest BCUT2D eigenvalue weighted by Crippen LogP contribution is -2.62. The summed E-state index contributed by atoms with van der Waals surface area (Å²) >= 11 is 2.47. The number of fused-ring (bicyclic) bond motifs is 1. The molecule has 13 nitrogen and oxygen atoms in total. The fourth-order valence-electron chi connectivity index (χ4n) is 2.77. The number of ether oxygens (including phenoxy) is 1. The minimum Gasteiger partial charge on any atom is -0.477 e. The molecule has 5 N–H and O–H groups in total. The Balaban J connectivity index is 1.51. The SMILES string of the molecule is CC(C)O/N=C(/C(=O)NNC(=O)OCC1C(=O)N2C(C(=O)O)=CCSC12)c1csc(N)n1. The summed E-state index contributed by atoms with van der Waals surface area (Å²) in [5.74, 6) is -2.72. The number of carbonyl (C=O) groups is 4. The van der Waals surface area contributed by atoms with E-state index in [0.29, 0.717) is 5.75 Å². The lowest BCUT2D eigenvalue weighted by Gasteiger charge is -2.47. The molecule has 0 aliphatic carbocycles. The molecule has 32 heavy (non-hydrogen) atoms. The third-order valence-electron chi connectivity index (χ3n) is 4.18. The van der Waals surface area contributed by atoms with Crippen LogP contribution in [0.25, 0.3) is 0 Å². The van der Waals surface area contributed by atoms with Crippen LogP contribution in [0.15, 0.2) is 22.3 Å². The number of aliphatic carboxylic acids is 1. The summed E-state index contributed by atoms with van der Waals surface area (Å²) in [6.45, 7) is 3.15. The smallest absolute Gasteiger partial charge is 0.426 e. The quantitative estimate of drug-likeness (QED) is 0.235. The van der Waals surface area contributed by atoms with E-state index in [9.17, 15) is 19.2 Å². The molecule has 1 saturated heterocycles. The highest BCUT2D eigenvalue weighted by molar-refractivity contribution is 8.00. The first kappa shape index (κ1) is 23.3. The molecule has 3 rings (SSSR count). The average molecular weight is 485 g/mol. The van der Waals surface area contributed by atoms with Crippen LogP contribution in [0, 0.1) is 5.92 Å². The molecule has 1 aromatic rings. The molecule has 0 bridgehead atoms. The molecule has 1 aromatic heterocycles. The van der Waals surface area contributed by atoms with Crippen LogP contribution < -0.4 is 16.6 Å². The maximum Gasteiger partial charge on any atom is 0.426 e. The molecule has 2 atom stereocenters. The minimum absolute atomic E-state index is 0.0789. The molecule has 0 aromatic carbocycles. The monoisotopic (exact) mass is 484 g/mol. The second-order valence-corrected chi connectivity index (χ2v) is 8.82. The Labute approximate surface area is 190 Å². The van der Waals surface area contributed by atoms with Crippen molar-refractivity contribution in [1.29, 1.82) is 0 Å². The van der Waals surface area contributed by atoms with Gasteiger partial charge in [-0.2, -0.15) is 0 Å². The molecular formula is C17H20N6O7S2. The maximum atomic E-state index is 12.4. The number of amides is 3. The van der Waals surface area contributed by atoms with Gasteiger partial charge in [-0.1, -0.05) is 5.16 Å². The van der Waals surface area contributed by atoms with E-state index in [1.54, 1.807) is 13.8 Å². The Hall–Kier alpha value is -3.33. The zero-order valence-corrected chi connectivity index (χ0v) is 18.6. The second kappa shape index (κ2) is 9.86. The van der Waals surface area contributed by atoms with E-state index in [-0.39, 0.29) is 34.9 Å². The summed E-state index contributed by atoms with van der Waals surface area (Å²) < 4.78 is 5.00. The number of carboxylic acids is 1. The summed E-state index contributed by atoms with van der Waals surface area (Å²) in [6, 6.07) is 0. The number of β-lactam (4-membered cyclic amide) rings is 1. The van der Waals surface area contributed by atoms with Gasteiger partial charge in [0.25, 0.3) is 5.91 Å². The van der Waals surface area contributed by atoms with Crippen LogP contribution in [-0.4, -0.2) is 68.4 Å². The van der Waals surface area contributed by atoms with Gasteiger partial charge in [-0.05, 0) is 19.9 Å². The van der Waals surface area contributed by atoms with Crippen molar-refractivity contribution >= 4 is 57.8 Å². The van der Waals surface area contributed by atoms with Crippen LogP contribution in [0.4, 0.5) is 9.93 Å². The van der Waals surface area contributed by atoms with Crippen LogP contribution in [0.5, 0.6) is 0 Å². The van der Waals surface area contributed by atoms with Crippen molar-refractivity contribution in [2.45, 2.75) is 25.3 Å². The Bertz CT molecular complexity index is 992. The van der Waals surface area contributed by atoms with Crippen molar-refractivity contribution in [3.8, 4) is 0 Å². The summed E-state index contributed by atoms with van der Waals surface area (Å²) in [5, 5.41) is 14.2. The fourth-order valence-corrected chi connectivity index (χ4v) is 4.56. The number of oxime groups is 1. The van der Waals surface area contributed by atoms with Gasteiger partial charge >= 0.3 is 12.1 Å². The molecule has 2 aliphatic rings. The normalized spacial score (nSPS) is 20.1. The Morgan fingerprint density at radius 2 is 2.16 bits per heavy atom. The Morgan fingerprint density at radius 1 is 1.41 bits per heavy atom. The first-order valence-electron chi connectivity index (χ1n) is 9.25. The van der Waals surface area contributed by atoms with Gasteiger partial charge in [0.2, 0.25) is 5.91 Å². The van der Waals surface area contributed by atoms with Gasteiger partial charge in [-0.3, -0.25) is 19.9 Å². The molecule has 3 heterocycles. The number of carboxylic acid groups (broad SMARTS) is 1. The van der Waals surface area contributed by atoms with Crippen molar-refractivity contribution in [3.63, 3.8) is 0 Å². The third-order valence-corrected chi connectivity index (χ3v) is 6.10. The molecule has 0 saturated carbocycles. The van der Waals surface area contributed by atoms with E-state index in [1.165, 1.54) is 28.1 Å². The number of thioether (sulfide) groups is 1. The first-order chi connectivity index (χ1) is 15.2. The highest BCUT2D eigenvalue weighted by atomic mass is 32.2. The van der Waals surface area contributed by atoms with Gasteiger partial charge in [0.05, 0.1) is 5.37 Å². The topological polar surface area (TPSA) is 186 Å². The summed E-state index contributed by atoms with van der Waals surface area (Å²) in [6.07, 6.45) is 0.139. The van der Waals surface area contributed by atoms with E-state index in [0.717, 1.165) is 11.3 Å². The van der Waals surface area contributed by atoms with Crippen molar-refractivity contribution in [2.24, 2.45) is 11.1 Å². The van der Waals surface area contributed by atoms with E-state index >= 15 is 0 Å². The van der Waals surface area contributed by atoms with Gasteiger partial charge in [-0.25, -0.2) is 20.0 Å². The predicted octanol–water partition coefficient (Wildman–Crippen LogP) is 0.112. The molecule has 0 radical (unpaired) electrons. The number of nitrogens with one attached hydrogen (secondary N) is 2. The minimum atomic E-state index is -1.19. The van der Waals surface area contributed by atoms with E-state index in [4.69, 9.17) is 20.4 Å². The molecule has 172 valence electrons. The van der Waals surface area contributed by atoms with Crippen LogP contribution in [0.1, 0.15) is 19.5 Å². The van der Waals surface area contributed by atoms with Crippen molar-refractivity contribution < 1.29 is 33.9 Å². The number of anilines is 1. The zero-order chi connectivity index (χ0) is 23.4. The molecule has 0 spiro atoms. The number of nitrogens with zero attached hydrogens (tertiary/aromatic N) is 3. The fraction of sp³-hybridized carbons (Fsp3) is 0.412. The van der Waals surface area contributed by atoms with Gasteiger partial charge in [0.15, 0.2) is 10.8 Å². The van der Waals surface area contributed by atoms with Crippen LogP contribution in [0.2, 0.25) is 0 Å². The Kier molecular flexibility index (Phi) is 7.19. The molecule has 3 amide bonds. The highest BCUT2D eigenvalue weighted by Crippen LogP contribution is 2.41. The Morgan fingerprint density at radius 3 is 2.78 bits per heavy atom. The van der Waals surface area contributed by atoms with Crippen LogP contribution >= 0.6 is 23.1 Å². The molecule has 2 unspecified atom stereocenters. The lowest BCUT2D eigenvalue weighted by molar-refractivity contribution is -0.154. The number of aromatic nitrogens is 1. The number of rotatable bonds is 7. The van der Waals surface area contributed by atoms with Crippen molar-refractivity contribution in [3.05, 3.63) is 22.8 Å². The molecule has 2 aliphatic heterocycles. The molecule has 15 heteroatoms. The van der Waals surface area contributed by atoms with Crippen molar-refractivity contribution in [2.75, 3.05) is 18.1 Å². The summed E-state index contributed by atoms with van der Waals surface area (Å²) in [5.41, 5.74) is 9.65. The number of nitrogens with two attached hydrogens (primary N) is 1. The van der Waals surface area contributed by atoms with Crippen molar-refractivity contribution in [1.82, 2.24) is 20.7 Å². The van der Waals surface area contributed by atoms with E-state index in [2.05, 4.69) is 21.0 Å².